The van der Waals surface area contributed by atoms with Crippen LogP contribution in [0.4, 0.5) is 11.9 Å². The number of aromatic nitrogens is 3. The maximum absolute atomic E-state index is 5.68. The zero-order chi connectivity index (χ0) is 21.0. The quantitative estimate of drug-likeness (QED) is 0.421. The van der Waals surface area contributed by atoms with E-state index in [1.54, 1.807) is 0 Å². The predicted octanol–water partition coefficient (Wildman–Crippen LogP) is 1.84. The number of anilines is 2. The van der Waals surface area contributed by atoms with E-state index in [4.69, 9.17) is 19.9 Å². The number of rotatable bonds is 13. The summed E-state index contributed by atoms with van der Waals surface area (Å²) >= 11 is 0. The van der Waals surface area contributed by atoms with Crippen molar-refractivity contribution in [2.45, 2.75) is 25.9 Å². The molecule has 1 atom stereocenters. The fraction of sp³-hybridized carbons (Fsp3) is 0.571. The van der Waals surface area contributed by atoms with Gasteiger partial charge in [-0.15, -0.1) is 0 Å². The summed E-state index contributed by atoms with van der Waals surface area (Å²) in [5, 5.41) is 6.51. The van der Waals surface area contributed by atoms with E-state index in [1.807, 2.05) is 24.3 Å². The van der Waals surface area contributed by atoms with Crippen LogP contribution in [0.2, 0.25) is 0 Å². The molecule has 4 N–H and O–H groups in total. The van der Waals surface area contributed by atoms with Gasteiger partial charge in [0.15, 0.2) is 5.82 Å². The summed E-state index contributed by atoms with van der Waals surface area (Å²) in [6, 6.07) is 8.13. The predicted molar refractivity (Wildman–Crippen MR) is 117 cm³/mol. The summed E-state index contributed by atoms with van der Waals surface area (Å²) in [4.78, 5) is 13.7. The molecule has 1 aliphatic rings. The lowest BCUT2D eigenvalue weighted by Gasteiger charge is -2.13. The summed E-state index contributed by atoms with van der Waals surface area (Å²) in [6.07, 6.45) is 2.36. The van der Waals surface area contributed by atoms with E-state index < -0.39 is 0 Å². The molecule has 9 heteroatoms. The highest BCUT2D eigenvalue weighted by Gasteiger charge is 2.16. The molecule has 0 saturated carbocycles. The van der Waals surface area contributed by atoms with Crippen LogP contribution in [-0.2, 0) is 14.2 Å². The molecule has 0 bridgehead atoms. The van der Waals surface area contributed by atoms with Gasteiger partial charge in [0.1, 0.15) is 0 Å². The molecular formula is C21H32N6O3. The summed E-state index contributed by atoms with van der Waals surface area (Å²) in [6.45, 7) is 6.81. The van der Waals surface area contributed by atoms with E-state index in [0.29, 0.717) is 63.8 Å². The summed E-state index contributed by atoms with van der Waals surface area (Å²) in [5.41, 5.74) is 7.51. The van der Waals surface area contributed by atoms with Gasteiger partial charge in [0.2, 0.25) is 11.9 Å². The van der Waals surface area contributed by atoms with Crippen LogP contribution in [-0.4, -0.2) is 73.7 Å². The molecule has 1 unspecified atom stereocenters. The first-order valence-corrected chi connectivity index (χ1v) is 10.5. The Morgan fingerprint density at radius 1 is 1.00 bits per heavy atom. The van der Waals surface area contributed by atoms with Gasteiger partial charge in [-0.2, -0.15) is 15.0 Å². The second-order valence-corrected chi connectivity index (χ2v) is 7.13. The van der Waals surface area contributed by atoms with E-state index in [1.165, 1.54) is 5.56 Å². The zero-order valence-electron chi connectivity index (χ0n) is 17.6. The lowest BCUT2D eigenvalue weighted by Crippen LogP contribution is -2.21. The van der Waals surface area contributed by atoms with Gasteiger partial charge in [-0.05, 0) is 19.8 Å². The van der Waals surface area contributed by atoms with Gasteiger partial charge < -0.3 is 30.6 Å². The third-order valence-corrected chi connectivity index (χ3v) is 4.62. The Morgan fingerprint density at radius 2 is 1.73 bits per heavy atom. The van der Waals surface area contributed by atoms with E-state index in [-0.39, 0.29) is 6.10 Å². The van der Waals surface area contributed by atoms with Crippen LogP contribution in [0.5, 0.6) is 0 Å². The molecule has 0 aliphatic carbocycles. The minimum atomic E-state index is 0.205. The first-order chi connectivity index (χ1) is 14.7. The van der Waals surface area contributed by atoms with Crippen molar-refractivity contribution in [3.63, 3.8) is 0 Å². The summed E-state index contributed by atoms with van der Waals surface area (Å²) < 4.78 is 16.5. The van der Waals surface area contributed by atoms with Crippen molar-refractivity contribution in [3.8, 4) is 11.4 Å². The fourth-order valence-electron chi connectivity index (χ4n) is 3.02. The highest BCUT2D eigenvalue weighted by molar-refractivity contribution is 5.58. The maximum atomic E-state index is 5.68. The Bertz CT molecular complexity index is 753. The number of nitrogens with one attached hydrogen (secondary N) is 2. The second kappa shape index (κ2) is 12.4. The molecule has 0 spiro atoms. The van der Waals surface area contributed by atoms with Gasteiger partial charge in [-0.3, -0.25) is 0 Å². The molecule has 3 rings (SSSR count). The van der Waals surface area contributed by atoms with Crippen LogP contribution in [0.25, 0.3) is 11.4 Å². The van der Waals surface area contributed by atoms with Crippen molar-refractivity contribution in [2.75, 3.05) is 63.3 Å². The Balaban J connectivity index is 1.58. The Kier molecular flexibility index (Phi) is 9.23. The van der Waals surface area contributed by atoms with Gasteiger partial charge in [-0.1, -0.05) is 29.8 Å². The van der Waals surface area contributed by atoms with Crippen molar-refractivity contribution >= 4 is 11.9 Å². The van der Waals surface area contributed by atoms with Gasteiger partial charge in [0.05, 0.1) is 32.5 Å². The van der Waals surface area contributed by atoms with Crippen molar-refractivity contribution < 1.29 is 14.2 Å². The minimum absolute atomic E-state index is 0.205. The van der Waals surface area contributed by atoms with Crippen molar-refractivity contribution in [1.29, 1.82) is 0 Å². The molecule has 1 aromatic carbocycles. The molecule has 0 amide bonds. The van der Waals surface area contributed by atoms with Crippen LogP contribution >= 0.6 is 0 Å². The fourth-order valence-corrected chi connectivity index (χ4v) is 3.02. The maximum Gasteiger partial charge on any atom is 0.228 e. The molecule has 9 nitrogen and oxygen atoms in total. The van der Waals surface area contributed by atoms with Crippen molar-refractivity contribution in [1.82, 2.24) is 15.0 Å². The standard InChI is InChI=1S/C21H32N6O3/c1-16-4-6-17(7-5-16)19-25-20(23-9-12-29-14-13-28-11-8-22)27-21(26-19)24-15-18-3-2-10-30-18/h4-7,18H,2-3,8-15,22H2,1H3,(H2,23,24,25,26,27). The smallest absolute Gasteiger partial charge is 0.228 e. The lowest BCUT2D eigenvalue weighted by atomic mass is 10.1. The SMILES string of the molecule is Cc1ccc(-c2nc(NCCOCCOCCN)nc(NCC3CCCO3)n2)cc1. The number of benzene rings is 1. The number of ether oxygens (including phenoxy) is 3. The van der Waals surface area contributed by atoms with Crippen LogP contribution in [0.3, 0.4) is 0 Å². The van der Waals surface area contributed by atoms with Crippen LogP contribution in [0.15, 0.2) is 24.3 Å². The van der Waals surface area contributed by atoms with Crippen molar-refractivity contribution in [3.05, 3.63) is 29.8 Å². The average molecular weight is 417 g/mol. The monoisotopic (exact) mass is 416 g/mol. The number of aryl methyl sites for hydroxylation is 1. The molecule has 1 fully saturated rings. The van der Waals surface area contributed by atoms with Gasteiger partial charge in [-0.25, -0.2) is 0 Å². The highest BCUT2D eigenvalue weighted by atomic mass is 16.5. The summed E-state index contributed by atoms with van der Waals surface area (Å²) in [5.74, 6) is 1.67. The van der Waals surface area contributed by atoms with Gasteiger partial charge >= 0.3 is 0 Å². The molecule has 1 saturated heterocycles. The largest absolute Gasteiger partial charge is 0.378 e. The Morgan fingerprint density at radius 3 is 2.43 bits per heavy atom. The normalized spacial score (nSPS) is 16.0. The highest BCUT2D eigenvalue weighted by Crippen LogP contribution is 2.19. The van der Waals surface area contributed by atoms with Gasteiger partial charge in [0.25, 0.3) is 0 Å². The number of nitrogens with two attached hydrogens (primary N) is 1. The third-order valence-electron chi connectivity index (χ3n) is 4.62. The lowest BCUT2D eigenvalue weighted by molar-refractivity contribution is 0.0547. The average Bonchev–Trinajstić information content (AvgIpc) is 3.28. The summed E-state index contributed by atoms with van der Waals surface area (Å²) in [7, 11) is 0. The molecule has 30 heavy (non-hydrogen) atoms. The number of nitrogens with zero attached hydrogens (tertiary/aromatic N) is 3. The number of hydrogen-bond acceptors (Lipinski definition) is 9. The molecular weight excluding hydrogens is 384 g/mol. The van der Waals surface area contributed by atoms with E-state index >= 15 is 0 Å². The Labute approximate surface area is 177 Å². The van der Waals surface area contributed by atoms with E-state index in [2.05, 4.69) is 32.5 Å². The van der Waals surface area contributed by atoms with Crippen LogP contribution in [0, 0.1) is 6.92 Å². The Hall–Kier alpha value is -2.33. The molecule has 1 aliphatic heterocycles. The topological polar surface area (TPSA) is 116 Å². The molecule has 1 aromatic heterocycles. The first-order valence-electron chi connectivity index (χ1n) is 10.5. The van der Waals surface area contributed by atoms with E-state index in [9.17, 15) is 0 Å². The first kappa shape index (κ1) is 22.4. The zero-order valence-corrected chi connectivity index (χ0v) is 17.6. The number of hydrogen-bond donors (Lipinski definition) is 3. The minimum Gasteiger partial charge on any atom is -0.378 e. The molecule has 2 aromatic rings. The van der Waals surface area contributed by atoms with Crippen molar-refractivity contribution in [2.24, 2.45) is 5.73 Å². The molecule has 2 heterocycles. The molecule has 0 radical (unpaired) electrons. The van der Waals surface area contributed by atoms with E-state index in [0.717, 1.165) is 25.0 Å². The van der Waals surface area contributed by atoms with Crippen LogP contribution < -0.4 is 16.4 Å². The third kappa shape index (κ3) is 7.49. The van der Waals surface area contributed by atoms with Gasteiger partial charge in [0, 0.05) is 31.8 Å². The second-order valence-electron chi connectivity index (χ2n) is 7.13. The molecule has 164 valence electrons. The van der Waals surface area contributed by atoms with Crippen LogP contribution in [0.1, 0.15) is 18.4 Å².